The molecule has 1 atom stereocenters. The van der Waals surface area contributed by atoms with Crippen molar-refractivity contribution in [3.05, 3.63) is 64.7 Å². The van der Waals surface area contributed by atoms with Gasteiger partial charge in [-0.25, -0.2) is 0 Å². The van der Waals surface area contributed by atoms with E-state index in [1.54, 1.807) is 18.2 Å². The van der Waals surface area contributed by atoms with E-state index in [0.29, 0.717) is 36.6 Å². The highest BCUT2D eigenvalue weighted by Crippen LogP contribution is 2.37. The molecule has 5 heteroatoms. The normalized spacial score (nSPS) is 21.4. The van der Waals surface area contributed by atoms with Gasteiger partial charge in [0.2, 0.25) is 0 Å². The number of halogens is 1. The smallest absolute Gasteiger partial charge is 0.315 e. The summed E-state index contributed by atoms with van der Waals surface area (Å²) in [6.45, 7) is 1.48. The maximum absolute atomic E-state index is 12.0. The van der Waals surface area contributed by atoms with Gasteiger partial charge in [-0.3, -0.25) is 9.69 Å². The Morgan fingerprint density at radius 3 is 2.57 bits per heavy atom. The lowest BCUT2D eigenvalue weighted by Crippen LogP contribution is -2.38. The zero-order valence-corrected chi connectivity index (χ0v) is 13.3. The molecule has 2 aromatic rings. The van der Waals surface area contributed by atoms with Gasteiger partial charge in [0.15, 0.2) is 0 Å². The van der Waals surface area contributed by atoms with Crippen molar-refractivity contribution in [2.24, 2.45) is 0 Å². The van der Waals surface area contributed by atoms with E-state index in [2.05, 4.69) is 0 Å². The molecule has 2 aromatic carbocycles. The van der Waals surface area contributed by atoms with Crippen LogP contribution in [0.2, 0.25) is 5.02 Å². The average Bonchev–Trinajstić information content (AvgIpc) is 2.97. The summed E-state index contributed by atoms with van der Waals surface area (Å²) >= 11 is 6.16. The summed E-state index contributed by atoms with van der Waals surface area (Å²) < 4.78 is 0. The van der Waals surface area contributed by atoms with E-state index in [1.165, 1.54) is 0 Å². The molecule has 0 amide bonds. The van der Waals surface area contributed by atoms with Crippen LogP contribution in [-0.4, -0.2) is 34.2 Å². The maximum atomic E-state index is 12.0. The second-order valence-corrected chi connectivity index (χ2v) is 6.36. The van der Waals surface area contributed by atoms with Crippen LogP contribution in [0.25, 0.3) is 0 Å². The Bertz CT molecular complexity index is 699. The second-order valence-electron chi connectivity index (χ2n) is 5.95. The van der Waals surface area contributed by atoms with E-state index >= 15 is 0 Å². The van der Waals surface area contributed by atoms with Crippen LogP contribution in [0, 0.1) is 0 Å². The monoisotopic (exact) mass is 331 g/mol. The van der Waals surface area contributed by atoms with Gasteiger partial charge in [0.25, 0.3) is 0 Å². The highest BCUT2D eigenvalue weighted by Gasteiger charge is 2.46. The first-order chi connectivity index (χ1) is 11.0. The summed E-state index contributed by atoms with van der Waals surface area (Å²) in [7, 11) is 0. The maximum Gasteiger partial charge on any atom is 0.315 e. The number of aromatic hydroxyl groups is 1. The molecule has 1 unspecified atom stereocenters. The lowest BCUT2D eigenvalue weighted by atomic mass is 9.80. The van der Waals surface area contributed by atoms with Crippen LogP contribution in [0.4, 0.5) is 0 Å². The standard InChI is InChI=1S/C18H18ClNO3/c19-15-7-4-8-16(21)14(15)11-20-10-9-18(12-20,17(22)23)13-5-2-1-3-6-13/h1-8,21H,9-12H2,(H,22,23). The molecular weight excluding hydrogens is 314 g/mol. The molecule has 2 N–H and O–H groups in total. The second kappa shape index (κ2) is 6.22. The quantitative estimate of drug-likeness (QED) is 0.902. The van der Waals surface area contributed by atoms with E-state index in [9.17, 15) is 15.0 Å². The summed E-state index contributed by atoms with van der Waals surface area (Å²) in [5.74, 6) is -0.667. The highest BCUT2D eigenvalue weighted by molar-refractivity contribution is 6.31. The number of hydrogen-bond donors (Lipinski definition) is 2. The van der Waals surface area contributed by atoms with E-state index in [1.807, 2.05) is 35.2 Å². The lowest BCUT2D eigenvalue weighted by molar-refractivity contribution is -0.143. The van der Waals surface area contributed by atoms with Crippen molar-refractivity contribution >= 4 is 17.6 Å². The van der Waals surface area contributed by atoms with E-state index < -0.39 is 11.4 Å². The molecule has 0 aromatic heterocycles. The number of rotatable bonds is 4. The first kappa shape index (κ1) is 15.8. The Hall–Kier alpha value is -2.04. The number of carbonyl (C=O) groups is 1. The molecule has 4 nitrogen and oxygen atoms in total. The number of nitrogens with zero attached hydrogens (tertiary/aromatic N) is 1. The summed E-state index contributed by atoms with van der Waals surface area (Å²) in [4.78, 5) is 14.0. The molecule has 0 bridgehead atoms. The third-order valence-corrected chi connectivity index (χ3v) is 4.91. The number of phenols is 1. The fourth-order valence-corrected chi connectivity index (χ4v) is 3.47. The lowest BCUT2D eigenvalue weighted by Gasteiger charge is -2.25. The van der Waals surface area contributed by atoms with Gasteiger partial charge in [-0.05, 0) is 24.1 Å². The topological polar surface area (TPSA) is 60.8 Å². The Morgan fingerprint density at radius 1 is 1.17 bits per heavy atom. The van der Waals surface area contributed by atoms with Gasteiger partial charge in [-0.2, -0.15) is 0 Å². The van der Waals surface area contributed by atoms with Gasteiger partial charge < -0.3 is 10.2 Å². The fourth-order valence-electron chi connectivity index (χ4n) is 3.24. The van der Waals surface area contributed by atoms with Gasteiger partial charge in [-0.1, -0.05) is 48.0 Å². The van der Waals surface area contributed by atoms with Crippen LogP contribution >= 0.6 is 11.6 Å². The van der Waals surface area contributed by atoms with Gasteiger partial charge in [0.1, 0.15) is 11.2 Å². The Balaban J connectivity index is 1.85. The minimum Gasteiger partial charge on any atom is -0.508 e. The van der Waals surface area contributed by atoms with Gasteiger partial charge in [-0.15, -0.1) is 0 Å². The number of benzene rings is 2. The van der Waals surface area contributed by atoms with Crippen molar-refractivity contribution in [3.63, 3.8) is 0 Å². The molecule has 1 fully saturated rings. The van der Waals surface area contributed by atoms with Gasteiger partial charge in [0, 0.05) is 30.2 Å². The summed E-state index contributed by atoms with van der Waals surface area (Å²) in [5, 5.41) is 20.3. The third kappa shape index (κ3) is 2.92. The molecule has 1 heterocycles. The number of carboxylic acids is 1. The molecule has 0 radical (unpaired) electrons. The van der Waals surface area contributed by atoms with Crippen molar-refractivity contribution in [3.8, 4) is 5.75 Å². The molecular formula is C18H18ClNO3. The Kier molecular flexibility index (Phi) is 4.28. The number of likely N-dealkylation sites (tertiary alicyclic amines) is 1. The zero-order chi connectivity index (χ0) is 16.4. The minimum atomic E-state index is -0.905. The van der Waals surface area contributed by atoms with E-state index in [0.717, 1.165) is 5.56 Å². The van der Waals surface area contributed by atoms with Crippen molar-refractivity contribution in [2.75, 3.05) is 13.1 Å². The molecule has 3 rings (SSSR count). The van der Waals surface area contributed by atoms with E-state index in [4.69, 9.17) is 11.6 Å². The molecule has 0 aliphatic carbocycles. The molecule has 0 spiro atoms. The first-order valence-corrected chi connectivity index (χ1v) is 7.88. The molecule has 23 heavy (non-hydrogen) atoms. The van der Waals surface area contributed by atoms with Crippen LogP contribution in [-0.2, 0) is 16.8 Å². The number of phenolic OH excluding ortho intramolecular Hbond substituents is 1. The minimum absolute atomic E-state index is 0.144. The highest BCUT2D eigenvalue weighted by atomic mass is 35.5. The van der Waals surface area contributed by atoms with Gasteiger partial charge in [0.05, 0.1) is 0 Å². The summed E-state index contributed by atoms with van der Waals surface area (Å²) in [5.41, 5.74) is 0.555. The van der Waals surface area contributed by atoms with Crippen molar-refractivity contribution in [2.45, 2.75) is 18.4 Å². The van der Waals surface area contributed by atoms with Crippen molar-refractivity contribution < 1.29 is 15.0 Å². The molecule has 1 aliphatic rings. The fraction of sp³-hybridized carbons (Fsp3) is 0.278. The SMILES string of the molecule is O=C(O)C1(c2ccccc2)CCN(Cc2c(O)cccc2Cl)C1. The zero-order valence-electron chi connectivity index (χ0n) is 12.6. The van der Waals surface area contributed by atoms with Crippen LogP contribution in [0.5, 0.6) is 5.75 Å². The van der Waals surface area contributed by atoms with Crippen LogP contribution in [0.1, 0.15) is 17.5 Å². The first-order valence-electron chi connectivity index (χ1n) is 7.50. The van der Waals surface area contributed by atoms with Crippen LogP contribution in [0.15, 0.2) is 48.5 Å². The number of carboxylic acid groups (broad SMARTS) is 1. The summed E-state index contributed by atoms with van der Waals surface area (Å²) in [6, 6.07) is 14.4. The molecule has 1 aliphatic heterocycles. The van der Waals surface area contributed by atoms with Crippen LogP contribution < -0.4 is 0 Å². The predicted octanol–water partition coefficient (Wildman–Crippen LogP) is 3.27. The van der Waals surface area contributed by atoms with Crippen molar-refractivity contribution in [1.82, 2.24) is 4.90 Å². The number of aliphatic carboxylic acids is 1. The Labute approximate surface area is 139 Å². The molecule has 0 saturated carbocycles. The predicted molar refractivity (Wildman–Crippen MR) is 88.8 cm³/mol. The largest absolute Gasteiger partial charge is 0.508 e. The third-order valence-electron chi connectivity index (χ3n) is 4.56. The average molecular weight is 332 g/mol. The molecule has 120 valence electrons. The number of hydrogen-bond acceptors (Lipinski definition) is 3. The summed E-state index contributed by atoms with van der Waals surface area (Å²) in [6.07, 6.45) is 0.539. The molecule has 1 saturated heterocycles. The van der Waals surface area contributed by atoms with Gasteiger partial charge >= 0.3 is 5.97 Å². The Morgan fingerprint density at radius 2 is 1.91 bits per heavy atom. The van der Waals surface area contributed by atoms with E-state index in [-0.39, 0.29) is 5.75 Å². The van der Waals surface area contributed by atoms with Crippen LogP contribution in [0.3, 0.4) is 0 Å². The van der Waals surface area contributed by atoms with Crippen molar-refractivity contribution in [1.29, 1.82) is 0 Å².